The first-order chi connectivity index (χ1) is 8.16. The van der Waals surface area contributed by atoms with E-state index < -0.39 is 0 Å². The lowest BCUT2D eigenvalue weighted by atomic mass is 9.80. The van der Waals surface area contributed by atoms with Crippen LogP contribution in [0.2, 0.25) is 0 Å². The van der Waals surface area contributed by atoms with Crippen molar-refractivity contribution in [2.75, 3.05) is 11.9 Å². The Kier molecular flexibility index (Phi) is 2.62. The highest BCUT2D eigenvalue weighted by molar-refractivity contribution is 6.21. The molecule has 3 heteroatoms. The fourth-order valence-corrected chi connectivity index (χ4v) is 3.05. The van der Waals surface area contributed by atoms with Gasteiger partial charge in [-0.25, -0.2) is 0 Å². The maximum Gasteiger partial charge on any atom is 0.231 e. The lowest BCUT2D eigenvalue weighted by molar-refractivity contribution is -0.117. The third kappa shape index (κ3) is 1.75. The van der Waals surface area contributed by atoms with Gasteiger partial charge < -0.3 is 4.90 Å². The van der Waals surface area contributed by atoms with Gasteiger partial charge in [-0.1, -0.05) is 18.6 Å². The van der Waals surface area contributed by atoms with Crippen molar-refractivity contribution in [3.05, 3.63) is 29.3 Å². The minimum absolute atomic E-state index is 0.120. The zero-order chi connectivity index (χ0) is 12.0. The standard InChI is InChI=1S/C14H16ClNO/c1-16-12-6-5-10(7-11(12)8-13(16)17)14(15)9-3-2-4-9/h5-7,9,14H,2-4,8H2,1H3. The van der Waals surface area contributed by atoms with Crippen LogP contribution in [-0.2, 0) is 11.2 Å². The van der Waals surface area contributed by atoms with Gasteiger partial charge in [0, 0.05) is 12.7 Å². The van der Waals surface area contributed by atoms with E-state index in [1.807, 2.05) is 13.1 Å². The SMILES string of the molecule is CN1C(=O)Cc2cc(C(Cl)C3CCC3)ccc21. The fourth-order valence-electron chi connectivity index (χ4n) is 2.67. The predicted molar refractivity (Wildman–Crippen MR) is 69.5 cm³/mol. The predicted octanol–water partition coefficient (Wildman–Crippen LogP) is 3.29. The summed E-state index contributed by atoms with van der Waals surface area (Å²) in [5.74, 6) is 0.802. The summed E-state index contributed by atoms with van der Waals surface area (Å²) in [4.78, 5) is 13.3. The van der Waals surface area contributed by atoms with Gasteiger partial charge in [-0.2, -0.15) is 0 Å². The van der Waals surface area contributed by atoms with E-state index in [2.05, 4.69) is 12.1 Å². The molecule has 1 aliphatic carbocycles. The number of hydrogen-bond donors (Lipinski definition) is 0. The van der Waals surface area contributed by atoms with Crippen LogP contribution in [0.4, 0.5) is 5.69 Å². The van der Waals surface area contributed by atoms with Gasteiger partial charge in [0.05, 0.1) is 11.8 Å². The molecule has 0 radical (unpaired) electrons. The normalized spacial score (nSPS) is 21.3. The summed E-state index contributed by atoms with van der Waals surface area (Å²) < 4.78 is 0. The van der Waals surface area contributed by atoms with Crippen LogP contribution < -0.4 is 4.90 Å². The number of alkyl halides is 1. The van der Waals surface area contributed by atoms with Crippen LogP contribution in [0.15, 0.2) is 18.2 Å². The number of halogens is 1. The first-order valence-electron chi connectivity index (χ1n) is 6.20. The Morgan fingerprint density at radius 2 is 2.18 bits per heavy atom. The van der Waals surface area contributed by atoms with Crippen molar-refractivity contribution < 1.29 is 4.79 Å². The number of rotatable bonds is 2. The van der Waals surface area contributed by atoms with Crippen LogP contribution in [0.1, 0.15) is 35.8 Å². The fraction of sp³-hybridized carbons (Fsp3) is 0.500. The van der Waals surface area contributed by atoms with Crippen molar-refractivity contribution in [3.63, 3.8) is 0 Å². The topological polar surface area (TPSA) is 20.3 Å². The first-order valence-corrected chi connectivity index (χ1v) is 6.64. The van der Waals surface area contributed by atoms with Crippen molar-refractivity contribution in [1.29, 1.82) is 0 Å². The van der Waals surface area contributed by atoms with Crippen LogP contribution in [0, 0.1) is 5.92 Å². The highest BCUT2D eigenvalue weighted by atomic mass is 35.5. The molecule has 2 aliphatic rings. The Balaban J connectivity index is 1.89. The zero-order valence-corrected chi connectivity index (χ0v) is 10.7. The number of benzene rings is 1. The lowest BCUT2D eigenvalue weighted by Crippen LogP contribution is -2.20. The van der Waals surface area contributed by atoms with Crippen LogP contribution >= 0.6 is 11.6 Å². The number of fused-ring (bicyclic) bond motifs is 1. The van der Waals surface area contributed by atoms with Gasteiger partial charge in [-0.3, -0.25) is 4.79 Å². The van der Waals surface area contributed by atoms with E-state index in [0.29, 0.717) is 12.3 Å². The lowest BCUT2D eigenvalue weighted by Gasteiger charge is -2.30. The average Bonchev–Trinajstić information content (AvgIpc) is 2.52. The highest BCUT2D eigenvalue weighted by Crippen LogP contribution is 2.43. The molecule has 1 unspecified atom stereocenters. The molecule has 1 atom stereocenters. The Labute approximate surface area is 107 Å². The van der Waals surface area contributed by atoms with E-state index in [9.17, 15) is 4.79 Å². The Bertz CT molecular complexity index is 467. The third-order valence-electron chi connectivity index (χ3n) is 4.06. The van der Waals surface area contributed by atoms with Crippen molar-refractivity contribution in [2.24, 2.45) is 5.92 Å². The van der Waals surface area contributed by atoms with E-state index in [4.69, 9.17) is 11.6 Å². The Hall–Kier alpha value is -1.02. The van der Waals surface area contributed by atoms with E-state index in [1.54, 1.807) is 4.90 Å². The third-order valence-corrected chi connectivity index (χ3v) is 4.67. The molecule has 0 bridgehead atoms. The van der Waals surface area contributed by atoms with E-state index in [0.717, 1.165) is 11.3 Å². The molecule has 1 saturated carbocycles. The number of amides is 1. The van der Waals surface area contributed by atoms with Crippen LogP contribution in [0.3, 0.4) is 0 Å². The molecule has 2 nitrogen and oxygen atoms in total. The van der Waals surface area contributed by atoms with E-state index in [1.165, 1.54) is 24.8 Å². The minimum Gasteiger partial charge on any atom is -0.315 e. The second kappa shape index (κ2) is 4.02. The van der Waals surface area contributed by atoms with Gasteiger partial charge in [0.1, 0.15) is 0 Å². The van der Waals surface area contributed by atoms with Crippen LogP contribution in [0.25, 0.3) is 0 Å². The molecule has 1 fully saturated rings. The molecule has 17 heavy (non-hydrogen) atoms. The number of nitrogens with zero attached hydrogens (tertiary/aromatic N) is 1. The summed E-state index contributed by atoms with van der Waals surface area (Å²) in [5.41, 5.74) is 3.34. The number of likely N-dealkylation sites (N-methyl/N-ethyl adjacent to an activating group) is 1. The minimum atomic E-state index is 0.120. The number of carbonyl (C=O) groups is 1. The van der Waals surface area contributed by atoms with Gasteiger partial charge >= 0.3 is 0 Å². The molecule has 1 aromatic carbocycles. The van der Waals surface area contributed by atoms with Crippen molar-refractivity contribution in [2.45, 2.75) is 31.1 Å². The zero-order valence-electron chi connectivity index (χ0n) is 9.95. The summed E-state index contributed by atoms with van der Waals surface area (Å²) in [6.07, 6.45) is 4.31. The average molecular weight is 250 g/mol. The summed E-state index contributed by atoms with van der Waals surface area (Å²) in [6.45, 7) is 0. The molecule has 1 amide bonds. The summed E-state index contributed by atoms with van der Waals surface area (Å²) in [7, 11) is 1.83. The maximum absolute atomic E-state index is 11.6. The summed E-state index contributed by atoms with van der Waals surface area (Å²) in [6, 6.07) is 6.22. The van der Waals surface area contributed by atoms with Gasteiger partial charge in [0.2, 0.25) is 5.91 Å². The van der Waals surface area contributed by atoms with Crippen molar-refractivity contribution >= 4 is 23.2 Å². The summed E-state index contributed by atoms with van der Waals surface area (Å²) in [5, 5.41) is 0.120. The molecule has 90 valence electrons. The van der Waals surface area contributed by atoms with Crippen molar-refractivity contribution in [3.8, 4) is 0 Å². The van der Waals surface area contributed by atoms with Crippen LogP contribution in [0.5, 0.6) is 0 Å². The molecule has 0 saturated heterocycles. The molecule has 1 aliphatic heterocycles. The molecule has 1 aromatic rings. The molecule has 3 rings (SSSR count). The molecular weight excluding hydrogens is 234 g/mol. The maximum atomic E-state index is 11.6. The molecule has 0 spiro atoms. The largest absolute Gasteiger partial charge is 0.315 e. The van der Waals surface area contributed by atoms with Gasteiger partial charge in [0.15, 0.2) is 0 Å². The van der Waals surface area contributed by atoms with Crippen LogP contribution in [-0.4, -0.2) is 13.0 Å². The van der Waals surface area contributed by atoms with Gasteiger partial charge in [-0.15, -0.1) is 11.6 Å². The smallest absolute Gasteiger partial charge is 0.231 e. The second-order valence-corrected chi connectivity index (χ2v) is 5.58. The Morgan fingerprint density at radius 1 is 1.41 bits per heavy atom. The van der Waals surface area contributed by atoms with Crippen molar-refractivity contribution in [1.82, 2.24) is 0 Å². The molecular formula is C14H16ClNO. The number of hydrogen-bond acceptors (Lipinski definition) is 1. The van der Waals surface area contributed by atoms with E-state index in [-0.39, 0.29) is 11.3 Å². The van der Waals surface area contributed by atoms with E-state index >= 15 is 0 Å². The molecule has 1 heterocycles. The monoisotopic (exact) mass is 249 g/mol. The Morgan fingerprint density at radius 3 is 2.82 bits per heavy atom. The van der Waals surface area contributed by atoms with Gasteiger partial charge in [0.25, 0.3) is 0 Å². The van der Waals surface area contributed by atoms with Gasteiger partial charge in [-0.05, 0) is 36.0 Å². The molecule has 0 N–H and O–H groups in total. The number of anilines is 1. The first kappa shape index (κ1) is 11.1. The number of carbonyl (C=O) groups excluding carboxylic acids is 1. The second-order valence-electron chi connectivity index (χ2n) is 5.11. The molecule has 0 aromatic heterocycles. The highest BCUT2D eigenvalue weighted by Gasteiger charge is 2.29. The summed E-state index contributed by atoms with van der Waals surface area (Å²) >= 11 is 6.48. The quantitative estimate of drug-likeness (QED) is 0.737.